The number of nitrogens with two attached hydrogens (primary N) is 1. The summed E-state index contributed by atoms with van der Waals surface area (Å²) in [7, 11) is 1.70. The number of thioether (sulfide) groups is 1. The maximum Gasteiger partial charge on any atom is 0.178 e. The molecule has 1 aromatic rings. The fourth-order valence-corrected chi connectivity index (χ4v) is 4.21. The molecule has 6 heteroatoms. The Labute approximate surface area is 128 Å². The molecule has 0 aromatic carbocycles. The predicted octanol–water partition coefficient (Wildman–Crippen LogP) is 3.48. The molecule has 0 saturated heterocycles. The number of nitrogens with one attached hydrogen (secondary N) is 1. The third kappa shape index (κ3) is 3.30. The minimum absolute atomic E-state index is 0.208. The lowest BCUT2D eigenvalue weighted by Crippen LogP contribution is -2.23. The molecule has 1 unspecified atom stereocenters. The van der Waals surface area contributed by atoms with Crippen molar-refractivity contribution in [2.45, 2.75) is 37.1 Å². The van der Waals surface area contributed by atoms with Crippen molar-refractivity contribution < 1.29 is 9.53 Å². The summed E-state index contributed by atoms with van der Waals surface area (Å²) in [5.74, 6) is 0.426. The molecule has 1 aliphatic carbocycles. The highest BCUT2D eigenvalue weighted by Crippen LogP contribution is 2.45. The number of hydrogen-bond donors (Lipinski definition) is 2. The molecule has 2 rings (SSSR count). The van der Waals surface area contributed by atoms with Crippen molar-refractivity contribution in [1.29, 1.82) is 0 Å². The Morgan fingerprint density at radius 1 is 1.60 bits per heavy atom. The number of Topliss-reactive ketones (excluding diaryl/α,β-unsaturated/α-hetero) is 1. The highest BCUT2D eigenvalue weighted by Gasteiger charge is 2.34. The zero-order chi connectivity index (χ0) is 14.7. The first-order valence-electron chi connectivity index (χ1n) is 6.88. The van der Waals surface area contributed by atoms with Crippen LogP contribution in [0.5, 0.6) is 0 Å². The quantitative estimate of drug-likeness (QED) is 0.568. The van der Waals surface area contributed by atoms with Crippen LogP contribution in [0.2, 0.25) is 0 Å². The summed E-state index contributed by atoms with van der Waals surface area (Å²) in [5, 5.41) is 4.47. The van der Waals surface area contributed by atoms with Crippen LogP contribution >= 0.6 is 23.1 Å². The fourth-order valence-electron chi connectivity index (χ4n) is 2.09. The van der Waals surface area contributed by atoms with E-state index in [4.69, 9.17) is 10.5 Å². The van der Waals surface area contributed by atoms with Gasteiger partial charge in [0.05, 0.1) is 22.1 Å². The lowest BCUT2D eigenvalue weighted by atomic mass is 10.2. The maximum absolute atomic E-state index is 12.3. The van der Waals surface area contributed by atoms with E-state index in [-0.39, 0.29) is 17.7 Å². The number of carbonyl (C=O) groups excluding carboxylic acids is 1. The van der Waals surface area contributed by atoms with Crippen molar-refractivity contribution in [3.63, 3.8) is 0 Å². The van der Waals surface area contributed by atoms with E-state index in [2.05, 4.69) is 12.2 Å². The van der Waals surface area contributed by atoms with Crippen LogP contribution in [0.15, 0.2) is 4.90 Å². The molecule has 0 spiro atoms. The van der Waals surface area contributed by atoms with Crippen molar-refractivity contribution in [3.8, 4) is 0 Å². The van der Waals surface area contributed by atoms with E-state index < -0.39 is 0 Å². The largest absolute Gasteiger partial charge is 0.396 e. The van der Waals surface area contributed by atoms with Crippen LogP contribution in [0.3, 0.4) is 0 Å². The van der Waals surface area contributed by atoms with E-state index in [9.17, 15) is 4.79 Å². The molecular formula is C14H22N2O2S2. The number of thiophene rings is 1. The molecule has 1 fully saturated rings. The number of hydrogen-bond acceptors (Lipinski definition) is 6. The summed E-state index contributed by atoms with van der Waals surface area (Å²) >= 11 is 3.09. The smallest absolute Gasteiger partial charge is 0.178 e. The van der Waals surface area contributed by atoms with Gasteiger partial charge in [-0.1, -0.05) is 6.92 Å². The van der Waals surface area contributed by atoms with Gasteiger partial charge in [0, 0.05) is 19.1 Å². The Kier molecular flexibility index (Phi) is 5.35. The first-order valence-corrected chi connectivity index (χ1v) is 8.92. The molecule has 0 bridgehead atoms. The maximum atomic E-state index is 12.3. The van der Waals surface area contributed by atoms with Gasteiger partial charge in [-0.25, -0.2) is 0 Å². The number of carbonyl (C=O) groups is 1. The second-order valence-corrected chi connectivity index (χ2v) is 6.89. The van der Waals surface area contributed by atoms with Crippen LogP contribution in [-0.4, -0.2) is 31.8 Å². The molecule has 1 heterocycles. The zero-order valence-corrected chi connectivity index (χ0v) is 13.8. The number of ether oxygens (including phenoxy) is 1. The molecule has 0 aliphatic heterocycles. The SMILES string of the molecule is CCC(COC)Nc1sc(C(=O)C2CC2)c(N)c1SC. The van der Waals surface area contributed by atoms with Crippen LogP contribution < -0.4 is 11.1 Å². The molecule has 3 N–H and O–H groups in total. The highest BCUT2D eigenvalue weighted by molar-refractivity contribution is 7.99. The molecule has 20 heavy (non-hydrogen) atoms. The van der Waals surface area contributed by atoms with Crippen molar-refractivity contribution in [2.24, 2.45) is 5.92 Å². The van der Waals surface area contributed by atoms with Gasteiger partial charge in [0.15, 0.2) is 5.78 Å². The second kappa shape index (κ2) is 6.83. The third-order valence-electron chi connectivity index (χ3n) is 3.47. The monoisotopic (exact) mass is 314 g/mol. The number of ketones is 1. The highest BCUT2D eigenvalue weighted by atomic mass is 32.2. The third-order valence-corrected chi connectivity index (χ3v) is 5.58. The van der Waals surface area contributed by atoms with Gasteiger partial charge in [0.1, 0.15) is 5.00 Å². The minimum Gasteiger partial charge on any atom is -0.396 e. The number of anilines is 2. The summed E-state index contributed by atoms with van der Waals surface area (Å²) in [5.41, 5.74) is 6.82. The van der Waals surface area contributed by atoms with Crippen LogP contribution in [-0.2, 0) is 4.74 Å². The van der Waals surface area contributed by atoms with E-state index >= 15 is 0 Å². The molecule has 1 aromatic heterocycles. The first kappa shape index (κ1) is 15.7. The molecule has 1 aliphatic rings. The normalized spacial score (nSPS) is 16.1. The molecular weight excluding hydrogens is 292 g/mol. The average Bonchev–Trinajstić information content (AvgIpc) is 3.23. The van der Waals surface area contributed by atoms with Crippen LogP contribution in [0.25, 0.3) is 0 Å². The van der Waals surface area contributed by atoms with Gasteiger partial charge in [-0.15, -0.1) is 23.1 Å². The lowest BCUT2D eigenvalue weighted by molar-refractivity contribution is 0.0972. The Bertz CT molecular complexity index is 484. The van der Waals surface area contributed by atoms with E-state index in [0.717, 1.165) is 34.0 Å². The van der Waals surface area contributed by atoms with E-state index in [0.29, 0.717) is 12.3 Å². The van der Waals surface area contributed by atoms with Gasteiger partial charge in [-0.2, -0.15) is 0 Å². The van der Waals surface area contributed by atoms with Gasteiger partial charge in [-0.05, 0) is 25.5 Å². The Morgan fingerprint density at radius 3 is 2.80 bits per heavy atom. The van der Waals surface area contributed by atoms with E-state index in [1.54, 1.807) is 18.9 Å². The summed E-state index contributed by atoms with van der Waals surface area (Å²) in [6.45, 7) is 2.76. The molecule has 1 saturated carbocycles. The van der Waals surface area contributed by atoms with Gasteiger partial charge in [-0.3, -0.25) is 4.79 Å². The molecule has 0 radical (unpaired) electrons. The van der Waals surface area contributed by atoms with Gasteiger partial charge in [0.25, 0.3) is 0 Å². The van der Waals surface area contributed by atoms with Gasteiger partial charge >= 0.3 is 0 Å². The minimum atomic E-state index is 0.208. The van der Waals surface area contributed by atoms with Gasteiger partial charge < -0.3 is 15.8 Å². The van der Waals surface area contributed by atoms with Crippen LogP contribution in [0, 0.1) is 5.92 Å². The fraction of sp³-hybridized carbons (Fsp3) is 0.643. The van der Waals surface area contributed by atoms with Crippen molar-refractivity contribution >= 4 is 39.6 Å². The lowest BCUT2D eigenvalue weighted by Gasteiger charge is -2.16. The predicted molar refractivity (Wildman–Crippen MR) is 87.1 cm³/mol. The standard InChI is InChI=1S/C14H22N2O2S2/c1-4-9(7-18-2)16-14-13(19-3)10(15)12(20-14)11(17)8-5-6-8/h8-9,16H,4-7,15H2,1-3H3. The number of nitrogen functional groups attached to an aromatic ring is 1. The van der Waals surface area contributed by atoms with Crippen LogP contribution in [0.1, 0.15) is 35.9 Å². The summed E-state index contributed by atoms with van der Waals surface area (Å²) in [4.78, 5) is 14.0. The first-order chi connectivity index (χ1) is 9.62. The average molecular weight is 314 g/mol. The van der Waals surface area contributed by atoms with Crippen molar-refractivity contribution in [3.05, 3.63) is 4.88 Å². The Balaban J connectivity index is 2.23. The Hall–Kier alpha value is -0.720. The van der Waals surface area contributed by atoms with Crippen molar-refractivity contribution in [1.82, 2.24) is 0 Å². The zero-order valence-electron chi connectivity index (χ0n) is 12.2. The summed E-state index contributed by atoms with van der Waals surface area (Å²) < 4.78 is 5.21. The van der Waals surface area contributed by atoms with E-state index in [1.165, 1.54) is 11.3 Å². The molecule has 112 valence electrons. The topological polar surface area (TPSA) is 64.3 Å². The molecule has 4 nitrogen and oxygen atoms in total. The van der Waals surface area contributed by atoms with E-state index in [1.807, 2.05) is 6.26 Å². The van der Waals surface area contributed by atoms with Gasteiger partial charge in [0.2, 0.25) is 0 Å². The Morgan fingerprint density at radius 2 is 2.30 bits per heavy atom. The summed E-state index contributed by atoms with van der Waals surface area (Å²) in [6, 6.07) is 0.243. The number of methoxy groups -OCH3 is 1. The number of rotatable bonds is 8. The molecule has 0 amide bonds. The molecule has 1 atom stereocenters. The van der Waals surface area contributed by atoms with Crippen LogP contribution in [0.4, 0.5) is 10.7 Å². The second-order valence-electron chi connectivity index (χ2n) is 5.05. The van der Waals surface area contributed by atoms with Crippen molar-refractivity contribution in [2.75, 3.05) is 31.0 Å². The summed E-state index contributed by atoms with van der Waals surface area (Å²) in [6.07, 6.45) is 4.97.